The molecule has 0 amide bonds. The van der Waals surface area contributed by atoms with Crippen LogP contribution in [0.1, 0.15) is 5.69 Å². The number of halogens is 1. The lowest BCUT2D eigenvalue weighted by atomic mass is 10.0. The van der Waals surface area contributed by atoms with E-state index in [1.54, 1.807) is 31.6 Å². The summed E-state index contributed by atoms with van der Waals surface area (Å²) in [7, 11) is 1.66. The quantitative estimate of drug-likeness (QED) is 0.557. The fourth-order valence-electron chi connectivity index (χ4n) is 3.00. The van der Waals surface area contributed by atoms with E-state index in [9.17, 15) is 4.39 Å². The van der Waals surface area contributed by atoms with Crippen LogP contribution in [0.15, 0.2) is 67.0 Å². The molecule has 0 bridgehead atoms. The first kappa shape index (κ1) is 15.5. The van der Waals surface area contributed by atoms with E-state index in [1.165, 1.54) is 12.1 Å². The lowest BCUT2D eigenvalue weighted by Gasteiger charge is -2.05. The standard InChI is InChI=1S/C20H16FN3O/c1-25-13-17-3-2-4-18-19(14-9-11-22-12-10-14)20(23-24(17)18)15-5-7-16(21)8-6-15/h2-12H,13H2,1H3. The Morgan fingerprint density at radius 2 is 1.72 bits per heavy atom. The van der Waals surface area contributed by atoms with Crippen LogP contribution in [-0.2, 0) is 11.3 Å². The largest absolute Gasteiger partial charge is 0.378 e. The van der Waals surface area contributed by atoms with Crippen molar-refractivity contribution in [2.45, 2.75) is 6.61 Å². The molecule has 0 fully saturated rings. The van der Waals surface area contributed by atoms with Gasteiger partial charge < -0.3 is 4.74 Å². The Labute approximate surface area is 144 Å². The molecule has 4 aromatic rings. The third-order valence-corrected chi connectivity index (χ3v) is 4.11. The van der Waals surface area contributed by atoms with Gasteiger partial charge in [0.25, 0.3) is 0 Å². The monoisotopic (exact) mass is 333 g/mol. The predicted octanol–water partition coefficient (Wildman–Crippen LogP) is 4.35. The number of hydrogen-bond acceptors (Lipinski definition) is 3. The van der Waals surface area contributed by atoms with Crippen molar-refractivity contribution in [1.29, 1.82) is 0 Å². The third-order valence-electron chi connectivity index (χ3n) is 4.11. The maximum absolute atomic E-state index is 13.3. The normalized spacial score (nSPS) is 11.1. The summed E-state index contributed by atoms with van der Waals surface area (Å²) in [6.07, 6.45) is 3.51. The number of ether oxygens (including phenoxy) is 1. The molecule has 0 unspecified atom stereocenters. The zero-order valence-electron chi connectivity index (χ0n) is 13.7. The molecular weight excluding hydrogens is 317 g/mol. The molecule has 1 aromatic carbocycles. The van der Waals surface area contributed by atoms with E-state index in [2.05, 4.69) is 4.98 Å². The Morgan fingerprint density at radius 1 is 0.960 bits per heavy atom. The van der Waals surface area contributed by atoms with E-state index in [-0.39, 0.29) is 5.82 Å². The van der Waals surface area contributed by atoms with Crippen LogP contribution in [0.2, 0.25) is 0 Å². The number of fused-ring (bicyclic) bond motifs is 1. The molecule has 0 N–H and O–H groups in total. The highest BCUT2D eigenvalue weighted by molar-refractivity contribution is 5.92. The average molecular weight is 333 g/mol. The van der Waals surface area contributed by atoms with Gasteiger partial charge in [0.1, 0.15) is 11.5 Å². The Morgan fingerprint density at radius 3 is 2.44 bits per heavy atom. The zero-order chi connectivity index (χ0) is 17.2. The first-order chi connectivity index (χ1) is 12.3. The second kappa shape index (κ2) is 6.45. The van der Waals surface area contributed by atoms with Crippen LogP contribution in [0.3, 0.4) is 0 Å². The number of pyridine rings is 2. The van der Waals surface area contributed by atoms with Gasteiger partial charge in [-0.3, -0.25) is 4.98 Å². The fourth-order valence-corrected chi connectivity index (χ4v) is 3.00. The Bertz CT molecular complexity index is 1010. The van der Waals surface area contributed by atoms with Crippen molar-refractivity contribution < 1.29 is 9.13 Å². The number of nitrogens with zero attached hydrogens (tertiary/aromatic N) is 3. The molecule has 3 heterocycles. The van der Waals surface area contributed by atoms with Crippen LogP contribution in [0.5, 0.6) is 0 Å². The first-order valence-corrected chi connectivity index (χ1v) is 7.94. The van der Waals surface area contributed by atoms with E-state index in [4.69, 9.17) is 9.84 Å². The highest BCUT2D eigenvalue weighted by atomic mass is 19.1. The van der Waals surface area contributed by atoms with Crippen molar-refractivity contribution in [3.63, 3.8) is 0 Å². The van der Waals surface area contributed by atoms with Crippen molar-refractivity contribution in [2.24, 2.45) is 0 Å². The molecule has 25 heavy (non-hydrogen) atoms. The highest BCUT2D eigenvalue weighted by Crippen LogP contribution is 2.35. The molecular formula is C20H16FN3O. The van der Waals surface area contributed by atoms with Crippen molar-refractivity contribution in [1.82, 2.24) is 14.6 Å². The Kier molecular flexibility index (Phi) is 3.99. The van der Waals surface area contributed by atoms with Crippen molar-refractivity contribution >= 4 is 5.52 Å². The molecule has 4 rings (SSSR count). The molecule has 0 aliphatic carbocycles. The minimum Gasteiger partial charge on any atom is -0.378 e. The van der Waals surface area contributed by atoms with Crippen LogP contribution in [-0.4, -0.2) is 21.7 Å². The molecule has 0 atom stereocenters. The Hall–Kier alpha value is -3.05. The molecule has 0 saturated carbocycles. The van der Waals surface area contributed by atoms with E-state index in [0.717, 1.165) is 33.6 Å². The second-order valence-corrected chi connectivity index (χ2v) is 5.71. The van der Waals surface area contributed by atoms with E-state index < -0.39 is 0 Å². The molecule has 0 aliphatic heterocycles. The molecule has 0 saturated heterocycles. The van der Waals surface area contributed by atoms with Gasteiger partial charge in [0.05, 0.1) is 17.8 Å². The molecule has 0 aliphatic rings. The summed E-state index contributed by atoms with van der Waals surface area (Å²) >= 11 is 0. The van der Waals surface area contributed by atoms with Crippen molar-refractivity contribution in [2.75, 3.05) is 7.11 Å². The van der Waals surface area contributed by atoms with Gasteiger partial charge in [0.2, 0.25) is 0 Å². The molecule has 124 valence electrons. The van der Waals surface area contributed by atoms with Gasteiger partial charge in [0.15, 0.2) is 0 Å². The number of aromatic nitrogens is 3. The maximum atomic E-state index is 13.3. The Balaban J connectivity index is 2.03. The topological polar surface area (TPSA) is 39.4 Å². The second-order valence-electron chi connectivity index (χ2n) is 5.71. The summed E-state index contributed by atoms with van der Waals surface area (Å²) in [4.78, 5) is 4.10. The fraction of sp³-hybridized carbons (Fsp3) is 0.100. The van der Waals surface area contributed by atoms with Gasteiger partial charge >= 0.3 is 0 Å². The van der Waals surface area contributed by atoms with Gasteiger partial charge in [-0.2, -0.15) is 5.10 Å². The third kappa shape index (κ3) is 2.79. The van der Waals surface area contributed by atoms with E-state index in [1.807, 2.05) is 34.8 Å². The van der Waals surface area contributed by atoms with Gasteiger partial charge in [-0.25, -0.2) is 8.91 Å². The van der Waals surface area contributed by atoms with Crippen molar-refractivity contribution in [3.05, 3.63) is 78.5 Å². The van der Waals surface area contributed by atoms with Crippen LogP contribution < -0.4 is 0 Å². The van der Waals surface area contributed by atoms with Gasteiger partial charge in [-0.1, -0.05) is 6.07 Å². The van der Waals surface area contributed by atoms with Crippen LogP contribution in [0.25, 0.3) is 27.9 Å². The summed E-state index contributed by atoms with van der Waals surface area (Å²) in [5, 5.41) is 4.80. The number of methoxy groups -OCH3 is 1. The zero-order valence-corrected chi connectivity index (χ0v) is 13.7. The molecule has 0 radical (unpaired) electrons. The lowest BCUT2D eigenvalue weighted by molar-refractivity contribution is 0.179. The van der Waals surface area contributed by atoms with Gasteiger partial charge in [-0.15, -0.1) is 0 Å². The maximum Gasteiger partial charge on any atom is 0.123 e. The smallest absolute Gasteiger partial charge is 0.123 e. The van der Waals surface area contributed by atoms with Crippen LogP contribution in [0, 0.1) is 5.82 Å². The van der Waals surface area contributed by atoms with Gasteiger partial charge in [0, 0.05) is 30.6 Å². The first-order valence-electron chi connectivity index (χ1n) is 7.94. The summed E-state index contributed by atoms with van der Waals surface area (Å²) in [5.74, 6) is -0.266. The highest BCUT2D eigenvalue weighted by Gasteiger charge is 2.17. The summed E-state index contributed by atoms with van der Waals surface area (Å²) in [6.45, 7) is 0.456. The minimum atomic E-state index is -0.266. The number of rotatable bonds is 4. The predicted molar refractivity (Wildman–Crippen MR) is 94.5 cm³/mol. The summed E-state index contributed by atoms with van der Waals surface area (Å²) in [6, 6.07) is 16.3. The summed E-state index contributed by atoms with van der Waals surface area (Å²) < 4.78 is 20.5. The average Bonchev–Trinajstić information content (AvgIpc) is 3.04. The SMILES string of the molecule is COCc1cccc2c(-c3ccncc3)c(-c3ccc(F)cc3)nn12. The van der Waals surface area contributed by atoms with E-state index >= 15 is 0 Å². The van der Waals surface area contributed by atoms with Crippen LogP contribution >= 0.6 is 0 Å². The summed E-state index contributed by atoms with van der Waals surface area (Å²) in [5.41, 5.74) is 5.59. The van der Waals surface area contributed by atoms with Crippen molar-refractivity contribution in [3.8, 4) is 22.4 Å². The van der Waals surface area contributed by atoms with E-state index in [0.29, 0.717) is 6.61 Å². The molecule has 4 nitrogen and oxygen atoms in total. The molecule has 5 heteroatoms. The molecule has 0 spiro atoms. The number of benzene rings is 1. The van der Waals surface area contributed by atoms with Crippen LogP contribution in [0.4, 0.5) is 4.39 Å². The number of hydrogen-bond donors (Lipinski definition) is 0. The molecule has 3 aromatic heterocycles. The minimum absolute atomic E-state index is 0.266. The lowest BCUT2D eigenvalue weighted by Crippen LogP contribution is -1.99. The van der Waals surface area contributed by atoms with Gasteiger partial charge in [-0.05, 0) is 54.1 Å².